The molecular formula is C16H28N6O2. The lowest BCUT2D eigenvalue weighted by Gasteiger charge is -2.37. The first-order chi connectivity index (χ1) is 11.6. The molecule has 2 saturated heterocycles. The van der Waals surface area contributed by atoms with Gasteiger partial charge in [0.1, 0.15) is 11.6 Å². The maximum absolute atomic E-state index is 12.7. The van der Waals surface area contributed by atoms with Gasteiger partial charge in [0, 0.05) is 39.1 Å². The van der Waals surface area contributed by atoms with Gasteiger partial charge in [0.2, 0.25) is 0 Å². The average molecular weight is 336 g/mol. The molecule has 8 heteroatoms. The number of likely N-dealkylation sites (tertiary alicyclic amines) is 1. The van der Waals surface area contributed by atoms with E-state index in [9.17, 15) is 4.79 Å². The summed E-state index contributed by atoms with van der Waals surface area (Å²) in [4.78, 5) is 18.7. The highest BCUT2D eigenvalue weighted by Gasteiger charge is 2.31. The zero-order chi connectivity index (χ0) is 17.1. The van der Waals surface area contributed by atoms with Gasteiger partial charge in [0.25, 0.3) is 0 Å². The smallest absolute Gasteiger partial charge is 0.320 e. The number of rotatable bonds is 3. The molecule has 0 aliphatic carbocycles. The third-order valence-corrected chi connectivity index (χ3v) is 4.80. The predicted octanol–water partition coefficient (Wildman–Crippen LogP) is 0.508. The van der Waals surface area contributed by atoms with E-state index >= 15 is 0 Å². The summed E-state index contributed by atoms with van der Waals surface area (Å²) >= 11 is 0. The molecule has 134 valence electrons. The number of aromatic nitrogens is 3. The molecule has 3 rings (SSSR count). The Morgan fingerprint density at radius 2 is 1.96 bits per heavy atom. The third-order valence-electron chi connectivity index (χ3n) is 4.80. The minimum atomic E-state index is 0.138. The predicted molar refractivity (Wildman–Crippen MR) is 89.7 cm³/mol. The largest absolute Gasteiger partial charge is 0.378 e. The van der Waals surface area contributed by atoms with Gasteiger partial charge in [0.15, 0.2) is 0 Å². The second-order valence-electron chi connectivity index (χ2n) is 6.94. The molecule has 0 aromatic carbocycles. The van der Waals surface area contributed by atoms with Crippen LogP contribution in [-0.4, -0.2) is 89.0 Å². The van der Waals surface area contributed by atoms with Crippen molar-refractivity contribution in [3.8, 4) is 0 Å². The van der Waals surface area contributed by atoms with Gasteiger partial charge in [-0.15, -0.1) is 10.2 Å². The van der Waals surface area contributed by atoms with E-state index in [1.165, 1.54) is 0 Å². The van der Waals surface area contributed by atoms with Gasteiger partial charge in [-0.25, -0.2) is 4.79 Å². The van der Waals surface area contributed by atoms with Crippen LogP contribution in [0.5, 0.6) is 0 Å². The van der Waals surface area contributed by atoms with Crippen LogP contribution in [0.25, 0.3) is 0 Å². The van der Waals surface area contributed by atoms with E-state index in [-0.39, 0.29) is 11.9 Å². The van der Waals surface area contributed by atoms with Crippen molar-refractivity contribution >= 4 is 6.03 Å². The van der Waals surface area contributed by atoms with Gasteiger partial charge in [-0.3, -0.25) is 0 Å². The molecule has 0 unspecified atom stereocenters. The summed E-state index contributed by atoms with van der Waals surface area (Å²) in [5, 5.41) is 8.75. The quantitative estimate of drug-likeness (QED) is 0.804. The molecule has 1 aromatic heterocycles. The molecule has 2 amide bonds. The zero-order valence-electron chi connectivity index (χ0n) is 14.9. The maximum Gasteiger partial charge on any atom is 0.320 e. The fourth-order valence-electron chi connectivity index (χ4n) is 3.47. The van der Waals surface area contributed by atoms with Crippen molar-refractivity contribution in [2.45, 2.75) is 25.3 Å². The van der Waals surface area contributed by atoms with E-state index < -0.39 is 0 Å². The number of nitrogens with zero attached hydrogens (tertiary/aromatic N) is 6. The minimum Gasteiger partial charge on any atom is -0.378 e. The Morgan fingerprint density at radius 1 is 1.21 bits per heavy atom. The van der Waals surface area contributed by atoms with Gasteiger partial charge in [0.05, 0.1) is 19.8 Å². The van der Waals surface area contributed by atoms with Crippen LogP contribution in [-0.2, 0) is 18.3 Å². The SMILES string of the molecule is CN(C)Cc1nnc([C@H]2CCCN(C(=O)N3CCOCC3)C2)n1C. The van der Waals surface area contributed by atoms with Gasteiger partial charge < -0.3 is 24.0 Å². The Hall–Kier alpha value is -1.67. The standard InChI is InChI=1S/C16H28N6O2/c1-19(2)12-14-17-18-15(20(14)3)13-5-4-6-22(11-13)16(23)21-7-9-24-10-8-21/h13H,4-12H2,1-3H3/t13-/m0/s1. The van der Waals surface area contributed by atoms with Crippen molar-refractivity contribution < 1.29 is 9.53 Å². The topological polar surface area (TPSA) is 66.7 Å². The molecule has 0 bridgehead atoms. The summed E-state index contributed by atoms with van der Waals surface area (Å²) in [5.41, 5.74) is 0. The summed E-state index contributed by atoms with van der Waals surface area (Å²) in [6, 6.07) is 0.138. The zero-order valence-corrected chi connectivity index (χ0v) is 14.9. The second kappa shape index (κ2) is 7.48. The first-order valence-corrected chi connectivity index (χ1v) is 8.70. The van der Waals surface area contributed by atoms with Crippen LogP contribution in [0.15, 0.2) is 0 Å². The van der Waals surface area contributed by atoms with E-state index in [4.69, 9.17) is 4.74 Å². The van der Waals surface area contributed by atoms with E-state index in [1.54, 1.807) is 0 Å². The summed E-state index contributed by atoms with van der Waals surface area (Å²) in [7, 11) is 6.08. The molecule has 2 aliphatic rings. The number of hydrogen-bond acceptors (Lipinski definition) is 5. The summed E-state index contributed by atoms with van der Waals surface area (Å²) < 4.78 is 7.43. The molecule has 3 heterocycles. The van der Waals surface area contributed by atoms with E-state index in [0.29, 0.717) is 26.3 Å². The molecule has 1 aromatic rings. The lowest BCUT2D eigenvalue weighted by atomic mass is 9.97. The number of amides is 2. The first kappa shape index (κ1) is 17.2. The molecule has 2 aliphatic heterocycles. The number of urea groups is 1. The number of carbonyl (C=O) groups is 1. The molecule has 2 fully saturated rings. The Balaban J connectivity index is 1.67. The molecule has 1 atom stereocenters. The van der Waals surface area contributed by atoms with Crippen molar-refractivity contribution in [3.05, 3.63) is 11.6 Å². The molecular weight excluding hydrogens is 308 g/mol. The number of morpholine rings is 1. The van der Waals surface area contributed by atoms with E-state index in [0.717, 1.165) is 44.1 Å². The lowest BCUT2D eigenvalue weighted by molar-refractivity contribution is 0.0407. The number of piperidine rings is 1. The normalized spacial score (nSPS) is 22.2. The molecule has 0 spiro atoms. The van der Waals surface area contributed by atoms with Crippen LogP contribution in [0.3, 0.4) is 0 Å². The van der Waals surface area contributed by atoms with E-state index in [1.807, 2.05) is 30.9 Å². The summed E-state index contributed by atoms with van der Waals surface area (Å²) in [5.74, 6) is 2.22. The van der Waals surface area contributed by atoms with Crippen molar-refractivity contribution in [2.24, 2.45) is 7.05 Å². The second-order valence-corrected chi connectivity index (χ2v) is 6.94. The number of carbonyl (C=O) groups excluding carboxylic acids is 1. The van der Waals surface area contributed by atoms with E-state index in [2.05, 4.69) is 19.7 Å². The highest BCUT2D eigenvalue weighted by atomic mass is 16.5. The Bertz CT molecular complexity index is 567. The fraction of sp³-hybridized carbons (Fsp3) is 0.812. The van der Waals surface area contributed by atoms with Crippen molar-refractivity contribution in [3.63, 3.8) is 0 Å². The van der Waals surface area contributed by atoms with Crippen LogP contribution >= 0.6 is 0 Å². The average Bonchev–Trinajstić information content (AvgIpc) is 2.95. The van der Waals surface area contributed by atoms with Crippen LogP contribution in [0, 0.1) is 0 Å². The Labute approximate surface area is 143 Å². The highest BCUT2D eigenvalue weighted by molar-refractivity contribution is 5.74. The van der Waals surface area contributed by atoms with Crippen LogP contribution in [0.1, 0.15) is 30.4 Å². The highest BCUT2D eigenvalue weighted by Crippen LogP contribution is 2.26. The Kier molecular flexibility index (Phi) is 5.35. The lowest BCUT2D eigenvalue weighted by Crippen LogP contribution is -2.50. The molecule has 0 saturated carbocycles. The van der Waals surface area contributed by atoms with Crippen LogP contribution in [0.2, 0.25) is 0 Å². The van der Waals surface area contributed by atoms with Gasteiger partial charge >= 0.3 is 6.03 Å². The van der Waals surface area contributed by atoms with Gasteiger partial charge in [-0.1, -0.05) is 0 Å². The van der Waals surface area contributed by atoms with Gasteiger partial charge in [-0.2, -0.15) is 0 Å². The first-order valence-electron chi connectivity index (χ1n) is 8.70. The monoisotopic (exact) mass is 336 g/mol. The molecule has 0 radical (unpaired) electrons. The summed E-state index contributed by atoms with van der Waals surface area (Å²) in [6.45, 7) is 4.99. The molecule has 8 nitrogen and oxygen atoms in total. The van der Waals surface area contributed by atoms with Crippen LogP contribution < -0.4 is 0 Å². The fourth-order valence-corrected chi connectivity index (χ4v) is 3.47. The minimum absolute atomic E-state index is 0.138. The number of hydrogen-bond donors (Lipinski definition) is 0. The molecule has 24 heavy (non-hydrogen) atoms. The van der Waals surface area contributed by atoms with Crippen LogP contribution in [0.4, 0.5) is 4.79 Å². The van der Waals surface area contributed by atoms with Crippen molar-refractivity contribution in [1.82, 2.24) is 29.5 Å². The third kappa shape index (κ3) is 3.70. The molecule has 0 N–H and O–H groups in total. The summed E-state index contributed by atoms with van der Waals surface area (Å²) in [6.07, 6.45) is 2.07. The maximum atomic E-state index is 12.7. The van der Waals surface area contributed by atoms with Gasteiger partial charge in [-0.05, 0) is 26.9 Å². The Morgan fingerprint density at radius 3 is 2.67 bits per heavy atom. The van der Waals surface area contributed by atoms with Crippen molar-refractivity contribution in [2.75, 3.05) is 53.5 Å². The van der Waals surface area contributed by atoms with Crippen molar-refractivity contribution in [1.29, 1.82) is 0 Å². The number of ether oxygens (including phenoxy) is 1.